The van der Waals surface area contributed by atoms with Gasteiger partial charge in [-0.05, 0) is 55.0 Å². The van der Waals surface area contributed by atoms with Crippen molar-refractivity contribution in [3.05, 3.63) is 53.6 Å². The van der Waals surface area contributed by atoms with E-state index in [2.05, 4.69) is 27.9 Å². The number of hydrogen-bond acceptors (Lipinski definition) is 2. The first-order chi connectivity index (χ1) is 12.5. The Balaban J connectivity index is 1.54. The molecule has 1 fully saturated rings. The second-order valence-electron chi connectivity index (χ2n) is 6.92. The van der Waals surface area contributed by atoms with E-state index in [1.54, 1.807) is 13.1 Å². The molecule has 1 aliphatic rings. The van der Waals surface area contributed by atoms with Crippen molar-refractivity contribution in [3.63, 3.8) is 0 Å². The second kappa shape index (κ2) is 8.25. The Labute approximate surface area is 154 Å². The summed E-state index contributed by atoms with van der Waals surface area (Å²) in [5.41, 5.74) is 2.02. The van der Waals surface area contributed by atoms with Gasteiger partial charge in [-0.15, -0.1) is 0 Å². The van der Waals surface area contributed by atoms with Crippen LogP contribution in [0.15, 0.2) is 41.7 Å². The molecule has 3 rings (SSSR count). The summed E-state index contributed by atoms with van der Waals surface area (Å²) >= 11 is 0. The van der Waals surface area contributed by atoms with Crippen molar-refractivity contribution in [2.45, 2.75) is 32.4 Å². The van der Waals surface area contributed by atoms with Crippen LogP contribution in [0.1, 0.15) is 36.9 Å². The van der Waals surface area contributed by atoms with Crippen molar-refractivity contribution in [2.24, 2.45) is 18.0 Å². The highest BCUT2D eigenvalue weighted by molar-refractivity contribution is 5.80. The molecule has 2 N–H and O–H groups in total. The zero-order valence-corrected chi connectivity index (χ0v) is 15.6. The molecule has 1 aromatic carbocycles. The molecule has 0 saturated heterocycles. The first-order valence-corrected chi connectivity index (χ1v) is 9.05. The number of aromatic nitrogens is 1. The van der Waals surface area contributed by atoms with Gasteiger partial charge in [-0.1, -0.05) is 6.07 Å². The van der Waals surface area contributed by atoms with Crippen LogP contribution < -0.4 is 15.4 Å². The number of benzene rings is 1. The predicted octanol–water partition coefficient (Wildman–Crippen LogP) is 3.38. The van der Waals surface area contributed by atoms with Crippen LogP contribution in [0.3, 0.4) is 0 Å². The van der Waals surface area contributed by atoms with Crippen LogP contribution in [0.25, 0.3) is 0 Å². The second-order valence-corrected chi connectivity index (χ2v) is 6.92. The molecule has 26 heavy (non-hydrogen) atoms. The number of rotatable bonds is 7. The van der Waals surface area contributed by atoms with Gasteiger partial charge in [-0.25, -0.2) is 4.39 Å². The third-order valence-corrected chi connectivity index (χ3v) is 4.56. The van der Waals surface area contributed by atoms with Crippen molar-refractivity contribution >= 4 is 5.96 Å². The lowest BCUT2D eigenvalue weighted by molar-refractivity contribution is 0.285. The van der Waals surface area contributed by atoms with E-state index in [0.29, 0.717) is 30.8 Å². The summed E-state index contributed by atoms with van der Waals surface area (Å²) in [5.74, 6) is 1.30. The number of hydrogen-bond donors (Lipinski definition) is 2. The van der Waals surface area contributed by atoms with Gasteiger partial charge in [-0.3, -0.25) is 4.99 Å². The number of aryl methyl sites for hydroxylation is 1. The standard InChI is InChI=1S/C20H27FN4O/c1-14(24-20(22-2)23-11-16-8-9-25(3)12-16)17-6-7-19(18(21)10-17)26-13-15-4-5-15/h6-10,12,14-15H,4-5,11,13H2,1-3H3,(H2,22,23,24). The van der Waals surface area contributed by atoms with E-state index in [-0.39, 0.29) is 11.9 Å². The molecule has 1 aliphatic carbocycles. The molecule has 1 saturated carbocycles. The Morgan fingerprint density at radius 1 is 1.38 bits per heavy atom. The van der Waals surface area contributed by atoms with Gasteiger partial charge in [-0.2, -0.15) is 0 Å². The normalized spacial score (nSPS) is 15.6. The summed E-state index contributed by atoms with van der Waals surface area (Å²) in [5, 5.41) is 6.56. The average molecular weight is 358 g/mol. The minimum atomic E-state index is -0.316. The SMILES string of the molecule is CN=C(NCc1ccn(C)c1)NC(C)c1ccc(OCC2CC2)c(F)c1. The lowest BCUT2D eigenvalue weighted by Crippen LogP contribution is -2.38. The number of nitrogens with zero attached hydrogens (tertiary/aromatic N) is 2. The van der Waals surface area contributed by atoms with Gasteiger partial charge in [0.25, 0.3) is 0 Å². The Kier molecular flexibility index (Phi) is 5.81. The molecular formula is C20H27FN4O. The minimum absolute atomic E-state index is 0.0797. The van der Waals surface area contributed by atoms with Crippen LogP contribution in [0.4, 0.5) is 4.39 Å². The molecule has 0 spiro atoms. The van der Waals surface area contributed by atoms with Gasteiger partial charge in [0.1, 0.15) is 0 Å². The van der Waals surface area contributed by atoms with Crippen LogP contribution >= 0.6 is 0 Å². The first-order valence-electron chi connectivity index (χ1n) is 9.05. The van der Waals surface area contributed by atoms with Gasteiger partial charge >= 0.3 is 0 Å². The van der Waals surface area contributed by atoms with Crippen LogP contribution in [-0.4, -0.2) is 24.2 Å². The van der Waals surface area contributed by atoms with Crippen LogP contribution in [0.2, 0.25) is 0 Å². The summed E-state index contributed by atoms with van der Waals surface area (Å²) in [7, 11) is 3.72. The maximum absolute atomic E-state index is 14.3. The lowest BCUT2D eigenvalue weighted by atomic mass is 10.1. The third-order valence-electron chi connectivity index (χ3n) is 4.56. The predicted molar refractivity (Wildman–Crippen MR) is 102 cm³/mol. The fourth-order valence-electron chi connectivity index (χ4n) is 2.73. The maximum Gasteiger partial charge on any atom is 0.191 e. The zero-order valence-electron chi connectivity index (χ0n) is 15.6. The van der Waals surface area contributed by atoms with E-state index in [1.807, 2.05) is 30.8 Å². The van der Waals surface area contributed by atoms with Gasteiger partial charge < -0.3 is 19.9 Å². The maximum atomic E-state index is 14.3. The summed E-state index contributed by atoms with van der Waals surface area (Å²) in [6.45, 7) is 3.27. The fraction of sp³-hybridized carbons (Fsp3) is 0.450. The zero-order chi connectivity index (χ0) is 18.5. The van der Waals surface area contributed by atoms with Crippen molar-refractivity contribution < 1.29 is 9.13 Å². The molecule has 0 radical (unpaired) electrons. The quantitative estimate of drug-likeness (QED) is 0.589. The van der Waals surface area contributed by atoms with E-state index in [9.17, 15) is 4.39 Å². The van der Waals surface area contributed by atoms with Crippen LogP contribution in [0, 0.1) is 11.7 Å². The molecule has 1 heterocycles. The van der Waals surface area contributed by atoms with Crippen LogP contribution in [-0.2, 0) is 13.6 Å². The van der Waals surface area contributed by atoms with Crippen molar-refractivity contribution in [1.82, 2.24) is 15.2 Å². The van der Waals surface area contributed by atoms with Crippen LogP contribution in [0.5, 0.6) is 5.75 Å². The number of guanidine groups is 1. The molecule has 0 aliphatic heterocycles. The Hall–Kier alpha value is -2.50. The summed E-state index contributed by atoms with van der Waals surface area (Å²) < 4.78 is 21.8. The molecule has 0 amide bonds. The summed E-state index contributed by atoms with van der Waals surface area (Å²) in [6, 6.07) is 7.12. The molecule has 1 atom stereocenters. The third kappa shape index (κ3) is 5.00. The van der Waals surface area contributed by atoms with E-state index in [4.69, 9.17) is 4.74 Å². The van der Waals surface area contributed by atoms with E-state index < -0.39 is 0 Å². The van der Waals surface area contributed by atoms with Crippen molar-refractivity contribution in [3.8, 4) is 5.75 Å². The average Bonchev–Trinajstić information content (AvgIpc) is 3.37. The highest BCUT2D eigenvalue weighted by atomic mass is 19.1. The van der Waals surface area contributed by atoms with Crippen molar-refractivity contribution in [1.29, 1.82) is 0 Å². The van der Waals surface area contributed by atoms with Crippen molar-refractivity contribution in [2.75, 3.05) is 13.7 Å². The smallest absolute Gasteiger partial charge is 0.191 e. The fourth-order valence-corrected chi connectivity index (χ4v) is 2.73. The molecule has 140 valence electrons. The largest absolute Gasteiger partial charge is 0.490 e. The lowest BCUT2D eigenvalue weighted by Gasteiger charge is -2.19. The van der Waals surface area contributed by atoms with Gasteiger partial charge in [0.15, 0.2) is 17.5 Å². The molecule has 1 aromatic heterocycles. The van der Waals surface area contributed by atoms with E-state index in [1.165, 1.54) is 24.5 Å². The van der Waals surface area contributed by atoms with E-state index >= 15 is 0 Å². The molecule has 6 heteroatoms. The highest BCUT2D eigenvalue weighted by Crippen LogP contribution is 2.30. The molecule has 5 nitrogen and oxygen atoms in total. The molecule has 2 aromatic rings. The van der Waals surface area contributed by atoms with E-state index in [0.717, 1.165) is 5.56 Å². The van der Waals surface area contributed by atoms with Gasteiger partial charge in [0, 0.05) is 33.0 Å². The molecule has 1 unspecified atom stereocenters. The minimum Gasteiger partial charge on any atom is -0.490 e. The Morgan fingerprint density at radius 2 is 2.19 bits per heavy atom. The number of nitrogens with one attached hydrogen (secondary N) is 2. The topological polar surface area (TPSA) is 50.6 Å². The Bertz CT molecular complexity index is 767. The number of aliphatic imine (C=N–C) groups is 1. The molecule has 0 bridgehead atoms. The Morgan fingerprint density at radius 3 is 2.81 bits per heavy atom. The molecular weight excluding hydrogens is 331 g/mol. The van der Waals surface area contributed by atoms with Gasteiger partial charge in [0.2, 0.25) is 0 Å². The number of halogens is 1. The number of ether oxygens (including phenoxy) is 1. The summed E-state index contributed by atoms with van der Waals surface area (Å²) in [4.78, 5) is 4.24. The highest BCUT2D eigenvalue weighted by Gasteiger charge is 2.22. The monoisotopic (exact) mass is 358 g/mol. The van der Waals surface area contributed by atoms with Gasteiger partial charge in [0.05, 0.1) is 12.6 Å². The first kappa shape index (κ1) is 18.3. The summed E-state index contributed by atoms with van der Waals surface area (Å²) in [6.07, 6.45) is 6.44.